The number of benzene rings is 5. The summed E-state index contributed by atoms with van der Waals surface area (Å²) in [4.78, 5) is 0. The lowest BCUT2D eigenvalue weighted by atomic mass is 9.96. The van der Waals surface area contributed by atoms with Crippen LogP contribution in [0.4, 0.5) is 0 Å². The molecule has 11 nitrogen and oxygen atoms in total. The number of aliphatic hydroxyl groups excluding tert-OH is 2. The number of ether oxygens (including phenoxy) is 9. The van der Waals surface area contributed by atoms with Crippen LogP contribution in [0.15, 0.2) is 152 Å². The molecule has 0 spiro atoms. The van der Waals surface area contributed by atoms with E-state index in [2.05, 4.69) is 19.6 Å². The van der Waals surface area contributed by atoms with Gasteiger partial charge in [-0.1, -0.05) is 171 Å². The summed E-state index contributed by atoms with van der Waals surface area (Å²) in [5.74, 6) is 0. The maximum Gasteiger partial charge on any atom is 0.187 e. The minimum atomic E-state index is -1.50. The summed E-state index contributed by atoms with van der Waals surface area (Å²) < 4.78 is 60.1. The van der Waals surface area contributed by atoms with E-state index < -0.39 is 69.5 Å². The van der Waals surface area contributed by atoms with Gasteiger partial charge < -0.3 is 52.8 Å². The van der Waals surface area contributed by atoms with Crippen LogP contribution in [-0.2, 0) is 75.7 Å². The van der Waals surface area contributed by atoms with E-state index in [1.54, 1.807) is 0 Å². The lowest BCUT2D eigenvalue weighted by molar-refractivity contribution is -0.372. The lowest BCUT2D eigenvalue weighted by Crippen LogP contribution is -2.66. The fourth-order valence-electron chi connectivity index (χ4n) is 7.68. The zero-order valence-electron chi connectivity index (χ0n) is 37.1. The maximum absolute atomic E-state index is 11.9. The average molecular weight is 893 g/mol. The van der Waals surface area contributed by atoms with Crippen LogP contribution >= 0.6 is 0 Å². The van der Waals surface area contributed by atoms with E-state index in [-0.39, 0.29) is 39.6 Å². The van der Waals surface area contributed by atoms with Crippen LogP contribution in [0.5, 0.6) is 0 Å². The van der Waals surface area contributed by atoms with Crippen molar-refractivity contribution in [3.63, 3.8) is 0 Å². The second kappa shape index (κ2) is 24.4. The lowest BCUT2D eigenvalue weighted by Gasteiger charge is -2.49. The molecule has 342 valence electrons. The Bertz CT molecular complexity index is 2020. The normalized spacial score (nSPS) is 26.1. The molecule has 5 aromatic carbocycles. The molecule has 2 fully saturated rings. The minimum absolute atomic E-state index is 0.0209. The Morgan fingerprint density at radius 2 is 0.812 bits per heavy atom. The molecule has 2 aliphatic heterocycles. The van der Waals surface area contributed by atoms with E-state index >= 15 is 0 Å². The maximum atomic E-state index is 11.9. The summed E-state index contributed by atoms with van der Waals surface area (Å²) in [6, 6.07) is 50.1. The first kappa shape index (κ1) is 47.8. The van der Waals surface area contributed by atoms with Gasteiger partial charge in [-0.25, -0.2) is 0 Å². The number of hydrogen-bond donors (Lipinski definition) is 2. The Labute approximate surface area is 379 Å². The Morgan fingerprint density at radius 1 is 0.422 bits per heavy atom. The molecule has 7 rings (SSSR count). The molecule has 5 aromatic rings. The second-order valence-electron chi connectivity index (χ2n) is 17.6. The van der Waals surface area contributed by atoms with Gasteiger partial charge in [0.1, 0.15) is 48.8 Å². The highest BCUT2D eigenvalue weighted by molar-refractivity contribution is 6.76. The van der Waals surface area contributed by atoms with Crippen molar-refractivity contribution in [1.82, 2.24) is 0 Å². The zero-order valence-corrected chi connectivity index (χ0v) is 38.1. The molecule has 12 heteroatoms. The third-order valence-electron chi connectivity index (χ3n) is 11.3. The van der Waals surface area contributed by atoms with Crippen LogP contribution < -0.4 is 0 Å². The van der Waals surface area contributed by atoms with Crippen LogP contribution in [-0.4, -0.2) is 99.5 Å². The molecular weight excluding hydrogens is 829 g/mol. The molecule has 10 atom stereocenters. The average Bonchev–Trinajstić information content (AvgIpc) is 3.31. The smallest absolute Gasteiger partial charge is 0.187 e. The van der Waals surface area contributed by atoms with Crippen LogP contribution in [0.25, 0.3) is 0 Å². The third-order valence-corrected chi connectivity index (χ3v) is 13.0. The van der Waals surface area contributed by atoms with Crippen molar-refractivity contribution in [2.45, 2.75) is 120 Å². The Hall–Kier alpha value is -4.12. The van der Waals surface area contributed by atoms with Gasteiger partial charge in [-0.15, -0.1) is 0 Å². The van der Waals surface area contributed by atoms with Crippen LogP contribution in [0, 0.1) is 0 Å². The molecule has 0 amide bonds. The zero-order chi connectivity index (χ0) is 44.6. The molecule has 0 radical (unpaired) electrons. The van der Waals surface area contributed by atoms with E-state index in [0.717, 1.165) is 33.9 Å². The van der Waals surface area contributed by atoms with Gasteiger partial charge in [0, 0.05) is 14.7 Å². The largest absolute Gasteiger partial charge is 0.387 e. The summed E-state index contributed by atoms with van der Waals surface area (Å²) in [5.41, 5.74) is 4.76. The van der Waals surface area contributed by atoms with E-state index in [1.807, 2.05) is 152 Å². The monoisotopic (exact) mass is 892 g/mol. The Balaban J connectivity index is 1.23. The summed E-state index contributed by atoms with van der Waals surface area (Å²) in [7, 11) is -1.50. The highest BCUT2D eigenvalue weighted by Gasteiger charge is 2.53. The van der Waals surface area contributed by atoms with Gasteiger partial charge >= 0.3 is 0 Å². The highest BCUT2D eigenvalue weighted by atomic mass is 28.3. The molecule has 0 aliphatic carbocycles. The standard InChI is InChI=1S/C52H64O11Si/c1-64(2,3)30-29-57-51-50(60-35-42-27-17-8-18-28-42)49(59-34-41-25-15-7-16-26-41)47(44(62-51)37-56-32-39-21-11-5-12-22-39)63-52-48(58-33-40-23-13-6-14-24-40)46(54)45(53)43(61-52)36-55-31-38-19-9-4-10-20-38/h4-28,43-54H,29-37H2,1-3H3/t43-,44-,45+,46+,47-,48-,49+,50-,51-,52+/m1/s1. The molecule has 0 bridgehead atoms. The summed E-state index contributed by atoms with van der Waals surface area (Å²) in [6.45, 7) is 8.69. The predicted octanol–water partition coefficient (Wildman–Crippen LogP) is 8.09. The van der Waals surface area contributed by atoms with E-state index in [4.69, 9.17) is 42.6 Å². The van der Waals surface area contributed by atoms with Crippen LogP contribution in [0.3, 0.4) is 0 Å². The molecule has 2 heterocycles. The summed E-state index contributed by atoms with van der Waals surface area (Å²) in [5, 5.41) is 23.5. The van der Waals surface area contributed by atoms with Gasteiger partial charge in [0.05, 0.1) is 46.2 Å². The van der Waals surface area contributed by atoms with Crippen LogP contribution in [0.2, 0.25) is 25.7 Å². The molecule has 2 aliphatic rings. The first-order valence-electron chi connectivity index (χ1n) is 22.3. The van der Waals surface area contributed by atoms with Gasteiger partial charge in [-0.2, -0.15) is 0 Å². The van der Waals surface area contributed by atoms with Crippen molar-refractivity contribution in [2.75, 3.05) is 19.8 Å². The summed E-state index contributed by atoms with van der Waals surface area (Å²) >= 11 is 0. The van der Waals surface area contributed by atoms with Crippen molar-refractivity contribution in [3.05, 3.63) is 179 Å². The van der Waals surface area contributed by atoms with Gasteiger partial charge in [-0.05, 0) is 33.9 Å². The first-order valence-corrected chi connectivity index (χ1v) is 26.0. The number of rotatable bonds is 23. The van der Waals surface area contributed by atoms with Crippen molar-refractivity contribution in [1.29, 1.82) is 0 Å². The van der Waals surface area contributed by atoms with E-state index in [1.165, 1.54) is 0 Å². The highest BCUT2D eigenvalue weighted by Crippen LogP contribution is 2.35. The van der Waals surface area contributed by atoms with Crippen molar-refractivity contribution in [2.24, 2.45) is 0 Å². The van der Waals surface area contributed by atoms with Gasteiger partial charge in [0.25, 0.3) is 0 Å². The molecule has 64 heavy (non-hydrogen) atoms. The van der Waals surface area contributed by atoms with Gasteiger partial charge in [0.2, 0.25) is 0 Å². The molecule has 2 saturated heterocycles. The Kier molecular flexibility index (Phi) is 18.2. The Morgan fingerprint density at radius 3 is 1.27 bits per heavy atom. The SMILES string of the molecule is C[Si](C)(C)CCO[C@@H]1O[C@H](COCc2ccccc2)[C@@H](O[C@@H]2O[C@H](COCc3ccccc3)[C@H](O)[C@H](O)[C@H]2OCc2ccccc2)[C@H](OCc2ccccc2)[C@H]1OCc1ccccc1. The van der Waals surface area contributed by atoms with Gasteiger partial charge in [0.15, 0.2) is 12.6 Å². The molecular formula is C52H64O11Si. The molecule has 0 aromatic heterocycles. The number of hydrogen-bond acceptors (Lipinski definition) is 11. The van der Waals surface area contributed by atoms with Gasteiger partial charge in [-0.3, -0.25) is 0 Å². The van der Waals surface area contributed by atoms with Crippen molar-refractivity contribution in [3.8, 4) is 0 Å². The predicted molar refractivity (Wildman–Crippen MR) is 246 cm³/mol. The third kappa shape index (κ3) is 14.4. The second-order valence-corrected chi connectivity index (χ2v) is 23.3. The molecule has 2 N–H and O–H groups in total. The fourth-order valence-corrected chi connectivity index (χ4v) is 8.41. The fraction of sp³-hybridized carbons (Fsp3) is 0.423. The van der Waals surface area contributed by atoms with E-state index in [0.29, 0.717) is 13.2 Å². The molecule has 0 saturated carbocycles. The van der Waals surface area contributed by atoms with Crippen molar-refractivity contribution >= 4 is 8.07 Å². The molecule has 0 unspecified atom stereocenters. The van der Waals surface area contributed by atoms with E-state index in [9.17, 15) is 10.2 Å². The first-order chi connectivity index (χ1) is 31.2. The van der Waals surface area contributed by atoms with Crippen molar-refractivity contribution < 1.29 is 52.8 Å². The topological polar surface area (TPSA) is 124 Å². The number of aliphatic hydroxyl groups is 2. The van der Waals surface area contributed by atoms with Crippen LogP contribution in [0.1, 0.15) is 27.8 Å². The summed E-state index contributed by atoms with van der Waals surface area (Å²) in [6.07, 6.45) is -10.2. The quantitative estimate of drug-likeness (QED) is 0.0619. The minimum Gasteiger partial charge on any atom is -0.387 e.